The van der Waals surface area contributed by atoms with E-state index in [1.165, 1.54) is 0 Å². The number of ether oxygens (including phenoxy) is 3. The molecule has 1 amide bonds. The lowest BCUT2D eigenvalue weighted by molar-refractivity contribution is -0.219. The largest absolute Gasteiger partial charge is 0.497 e. The van der Waals surface area contributed by atoms with Gasteiger partial charge in [-0.2, -0.15) is 0 Å². The number of benzene rings is 2. The maximum atomic E-state index is 12.8. The van der Waals surface area contributed by atoms with Crippen molar-refractivity contribution in [3.8, 4) is 5.75 Å². The van der Waals surface area contributed by atoms with Gasteiger partial charge < -0.3 is 24.2 Å². The number of carboxylic acids is 1. The molecule has 7 nitrogen and oxygen atoms in total. The summed E-state index contributed by atoms with van der Waals surface area (Å²) in [6.45, 7) is 0.459. The fourth-order valence-corrected chi connectivity index (χ4v) is 3.51. The number of hydrogen-bond acceptors (Lipinski definition) is 5. The lowest BCUT2D eigenvalue weighted by Gasteiger charge is -2.38. The Morgan fingerprint density at radius 3 is 2.52 bits per heavy atom. The molecule has 2 aromatic carbocycles. The number of carbonyl (C=O) groups excluding carboxylic acids is 1. The Morgan fingerprint density at radius 2 is 1.89 bits per heavy atom. The average Bonchev–Trinajstić information content (AvgIpc) is 3.04. The van der Waals surface area contributed by atoms with Crippen molar-refractivity contribution >= 4 is 11.9 Å². The van der Waals surface area contributed by atoms with Gasteiger partial charge in [0.2, 0.25) is 5.79 Å². The molecule has 0 aromatic heterocycles. The molecule has 27 heavy (non-hydrogen) atoms. The number of nitrogens with zero attached hydrogens (tertiary/aromatic N) is 1. The van der Waals surface area contributed by atoms with Gasteiger partial charge in [0, 0.05) is 12.1 Å². The van der Waals surface area contributed by atoms with E-state index in [4.69, 9.17) is 14.2 Å². The molecule has 2 bridgehead atoms. The first-order chi connectivity index (χ1) is 13.0. The van der Waals surface area contributed by atoms with Crippen molar-refractivity contribution in [2.75, 3.05) is 13.7 Å². The molecule has 2 aliphatic rings. The molecular weight excluding hydrogens is 350 g/mol. The van der Waals surface area contributed by atoms with Crippen LogP contribution in [0.25, 0.3) is 0 Å². The SMILES string of the molecule is COc1ccc(C23CN(Cc4ccccc4)C(=O)C(O2)C(C(=O)O)O3)cc1. The minimum absolute atomic E-state index is 0.105. The van der Waals surface area contributed by atoms with Gasteiger partial charge in [-0.15, -0.1) is 0 Å². The molecule has 2 heterocycles. The summed E-state index contributed by atoms with van der Waals surface area (Å²) in [6.07, 6.45) is -2.53. The highest BCUT2D eigenvalue weighted by atomic mass is 16.8. The van der Waals surface area contributed by atoms with Crippen LogP contribution in [0.1, 0.15) is 11.1 Å². The van der Waals surface area contributed by atoms with Gasteiger partial charge in [-0.1, -0.05) is 30.3 Å². The fourth-order valence-electron chi connectivity index (χ4n) is 3.51. The maximum absolute atomic E-state index is 12.8. The topological polar surface area (TPSA) is 85.3 Å². The standard InChI is InChI=1S/C20H19NO6/c1-25-15-9-7-14(8-10-15)20-12-21(11-13-5-3-2-4-6-13)18(22)16(26-20)17(27-20)19(23)24/h2-10,16-17H,11-12H2,1H3,(H,23,24). The predicted octanol–water partition coefficient (Wildman–Crippen LogP) is 1.76. The molecule has 140 valence electrons. The van der Waals surface area contributed by atoms with E-state index < -0.39 is 24.0 Å². The number of carbonyl (C=O) groups is 2. The number of fused-ring (bicyclic) bond motifs is 2. The first-order valence-corrected chi connectivity index (χ1v) is 8.58. The van der Waals surface area contributed by atoms with Gasteiger partial charge >= 0.3 is 5.97 Å². The number of methoxy groups -OCH3 is 1. The molecule has 2 aromatic rings. The second kappa shape index (κ2) is 6.68. The quantitative estimate of drug-likeness (QED) is 0.864. The Hall–Kier alpha value is -2.90. The van der Waals surface area contributed by atoms with Crippen LogP contribution in [0.3, 0.4) is 0 Å². The van der Waals surface area contributed by atoms with Crippen LogP contribution in [0, 0.1) is 0 Å². The van der Waals surface area contributed by atoms with Crippen LogP contribution < -0.4 is 4.74 Å². The lowest BCUT2D eigenvalue weighted by Crippen LogP contribution is -2.53. The molecule has 0 radical (unpaired) electrons. The zero-order valence-corrected chi connectivity index (χ0v) is 14.7. The number of amides is 1. The third kappa shape index (κ3) is 3.05. The van der Waals surface area contributed by atoms with Crippen molar-refractivity contribution < 1.29 is 28.9 Å². The van der Waals surface area contributed by atoms with Crippen molar-refractivity contribution in [1.82, 2.24) is 4.90 Å². The van der Waals surface area contributed by atoms with Gasteiger partial charge in [0.15, 0.2) is 12.2 Å². The number of morpholine rings is 1. The molecule has 7 heteroatoms. The molecule has 0 spiro atoms. The molecule has 2 saturated heterocycles. The molecular formula is C20H19NO6. The molecule has 3 unspecified atom stereocenters. The number of carboxylic acid groups (broad SMARTS) is 1. The second-order valence-electron chi connectivity index (χ2n) is 6.58. The van der Waals surface area contributed by atoms with Gasteiger partial charge in [-0.25, -0.2) is 4.79 Å². The summed E-state index contributed by atoms with van der Waals surface area (Å²) in [6, 6.07) is 16.5. The number of aliphatic carboxylic acids is 1. The van der Waals surface area contributed by atoms with E-state index in [9.17, 15) is 14.7 Å². The highest BCUT2D eigenvalue weighted by Gasteiger charge is 2.60. The smallest absolute Gasteiger partial charge is 0.336 e. The van der Waals surface area contributed by atoms with Gasteiger partial charge in [0.25, 0.3) is 5.91 Å². The number of hydrogen-bond donors (Lipinski definition) is 1. The monoisotopic (exact) mass is 369 g/mol. The Kier molecular flexibility index (Phi) is 4.33. The van der Waals surface area contributed by atoms with E-state index >= 15 is 0 Å². The van der Waals surface area contributed by atoms with Crippen molar-refractivity contribution in [2.24, 2.45) is 0 Å². The van der Waals surface area contributed by atoms with E-state index in [0.29, 0.717) is 17.9 Å². The Bertz CT molecular complexity index is 853. The first kappa shape index (κ1) is 17.5. The van der Waals surface area contributed by atoms with Crippen LogP contribution >= 0.6 is 0 Å². The summed E-state index contributed by atoms with van der Waals surface area (Å²) in [5.41, 5.74) is 1.59. The summed E-state index contributed by atoms with van der Waals surface area (Å²) in [4.78, 5) is 26.0. The van der Waals surface area contributed by atoms with Crippen molar-refractivity contribution in [2.45, 2.75) is 24.5 Å². The van der Waals surface area contributed by atoms with E-state index in [1.807, 2.05) is 30.3 Å². The van der Waals surface area contributed by atoms with Gasteiger partial charge in [-0.05, 0) is 29.8 Å². The third-order valence-corrected chi connectivity index (χ3v) is 4.85. The van der Waals surface area contributed by atoms with Gasteiger partial charge in [0.1, 0.15) is 5.75 Å². The van der Waals surface area contributed by atoms with Crippen molar-refractivity contribution in [3.63, 3.8) is 0 Å². The molecule has 2 fully saturated rings. The maximum Gasteiger partial charge on any atom is 0.336 e. The number of rotatable bonds is 5. The van der Waals surface area contributed by atoms with Crippen LogP contribution in [0.4, 0.5) is 0 Å². The van der Waals surface area contributed by atoms with E-state index in [2.05, 4.69) is 0 Å². The summed E-state index contributed by atoms with van der Waals surface area (Å²) >= 11 is 0. The normalized spacial score (nSPS) is 26.9. The average molecular weight is 369 g/mol. The lowest BCUT2D eigenvalue weighted by atomic mass is 10.0. The third-order valence-electron chi connectivity index (χ3n) is 4.85. The van der Waals surface area contributed by atoms with E-state index in [1.54, 1.807) is 36.3 Å². The molecule has 2 aliphatic heterocycles. The highest BCUT2D eigenvalue weighted by Crippen LogP contribution is 2.43. The summed E-state index contributed by atoms with van der Waals surface area (Å²) in [7, 11) is 1.56. The van der Waals surface area contributed by atoms with Crippen LogP contribution in [0.5, 0.6) is 5.75 Å². The molecule has 4 rings (SSSR count). The van der Waals surface area contributed by atoms with Crippen LogP contribution in [0.2, 0.25) is 0 Å². The predicted molar refractivity (Wildman–Crippen MR) is 93.9 cm³/mol. The summed E-state index contributed by atoms with van der Waals surface area (Å²) < 4.78 is 16.8. The van der Waals surface area contributed by atoms with E-state index in [-0.39, 0.29) is 12.5 Å². The Morgan fingerprint density at radius 1 is 1.19 bits per heavy atom. The zero-order chi connectivity index (χ0) is 19.0. The summed E-state index contributed by atoms with van der Waals surface area (Å²) in [5.74, 6) is -2.26. The zero-order valence-electron chi connectivity index (χ0n) is 14.7. The van der Waals surface area contributed by atoms with Crippen molar-refractivity contribution in [1.29, 1.82) is 0 Å². The van der Waals surface area contributed by atoms with E-state index in [0.717, 1.165) is 5.56 Å². The van der Waals surface area contributed by atoms with Gasteiger partial charge in [0.05, 0.1) is 13.7 Å². The highest BCUT2D eigenvalue weighted by molar-refractivity contribution is 5.89. The van der Waals surface area contributed by atoms with Crippen LogP contribution in [0.15, 0.2) is 54.6 Å². The van der Waals surface area contributed by atoms with Crippen LogP contribution in [-0.2, 0) is 31.4 Å². The molecule has 1 N–H and O–H groups in total. The van der Waals surface area contributed by atoms with Crippen LogP contribution in [-0.4, -0.2) is 47.7 Å². The minimum Gasteiger partial charge on any atom is -0.497 e. The van der Waals surface area contributed by atoms with Crippen molar-refractivity contribution in [3.05, 3.63) is 65.7 Å². The minimum atomic E-state index is -1.35. The Labute approximate surface area is 156 Å². The second-order valence-corrected chi connectivity index (χ2v) is 6.58. The first-order valence-electron chi connectivity index (χ1n) is 8.58. The Balaban J connectivity index is 1.69. The molecule has 0 saturated carbocycles. The van der Waals surface area contributed by atoms with Gasteiger partial charge in [-0.3, -0.25) is 4.79 Å². The fraction of sp³-hybridized carbons (Fsp3) is 0.300. The summed E-state index contributed by atoms with van der Waals surface area (Å²) in [5, 5.41) is 9.50. The molecule has 0 aliphatic carbocycles. The molecule has 3 atom stereocenters.